The van der Waals surface area contributed by atoms with Crippen molar-refractivity contribution in [3.63, 3.8) is 0 Å². The van der Waals surface area contributed by atoms with E-state index in [9.17, 15) is 4.79 Å². The quantitative estimate of drug-likeness (QED) is 0.518. The number of nitrogens with zero attached hydrogens (tertiary/aromatic N) is 2. The third-order valence-corrected chi connectivity index (χ3v) is 4.87. The summed E-state index contributed by atoms with van der Waals surface area (Å²) in [5.41, 5.74) is 2.06. The van der Waals surface area contributed by atoms with Gasteiger partial charge in [0.05, 0.1) is 0 Å². The van der Waals surface area contributed by atoms with E-state index in [0.29, 0.717) is 39.0 Å². The smallest absolute Gasteiger partial charge is 0.270 e. The Bertz CT molecular complexity index is 1080. The minimum atomic E-state index is -0.202. The molecule has 0 saturated heterocycles. The van der Waals surface area contributed by atoms with Crippen molar-refractivity contribution in [1.29, 1.82) is 0 Å². The van der Waals surface area contributed by atoms with E-state index in [1.165, 1.54) is 11.3 Å². The largest absolute Gasteiger partial charge is 0.489 e. The first-order valence-electron chi connectivity index (χ1n) is 7.61. The second kappa shape index (κ2) is 7.16. The van der Waals surface area contributed by atoms with Crippen LogP contribution in [0.1, 0.15) is 6.92 Å². The minimum Gasteiger partial charge on any atom is -0.489 e. The Balaban J connectivity index is 2.10. The lowest BCUT2D eigenvalue weighted by atomic mass is 10.2. The normalized spacial score (nSPS) is 10.8. The second-order valence-electron chi connectivity index (χ2n) is 5.61. The summed E-state index contributed by atoms with van der Waals surface area (Å²) < 4.78 is 8.59. The highest BCUT2D eigenvalue weighted by Crippen LogP contribution is 2.24. The molecule has 3 aromatic rings. The molecule has 1 aromatic carbocycles. The van der Waals surface area contributed by atoms with E-state index in [1.54, 1.807) is 6.08 Å². The molecule has 0 bridgehead atoms. The van der Waals surface area contributed by atoms with Crippen LogP contribution in [0, 0.1) is 3.95 Å². The molecule has 5 nitrogen and oxygen atoms in total. The Morgan fingerprint density at radius 2 is 2.32 bits per heavy atom. The van der Waals surface area contributed by atoms with Crippen molar-refractivity contribution in [2.45, 2.75) is 13.5 Å². The Kier molecular flexibility index (Phi) is 4.96. The number of aromatic nitrogens is 3. The average Bonchev–Trinajstić information content (AvgIpc) is 2.90. The summed E-state index contributed by atoms with van der Waals surface area (Å²) in [6, 6.07) is 7.42. The number of fused-ring (bicyclic) bond motifs is 1. The number of hydrogen-bond acceptors (Lipinski definition) is 5. The summed E-state index contributed by atoms with van der Waals surface area (Å²) in [5, 5.41) is 0. The highest BCUT2D eigenvalue weighted by Gasteiger charge is 2.12. The van der Waals surface area contributed by atoms with Crippen molar-refractivity contribution >= 4 is 33.9 Å². The number of hydrogen-bond donors (Lipinski definition) is 1. The highest BCUT2D eigenvalue weighted by atomic mass is 32.1. The van der Waals surface area contributed by atoms with E-state index < -0.39 is 0 Å². The molecule has 25 heavy (non-hydrogen) atoms. The van der Waals surface area contributed by atoms with Gasteiger partial charge in [-0.1, -0.05) is 36.1 Å². The molecule has 0 spiro atoms. The van der Waals surface area contributed by atoms with Crippen LogP contribution in [0.25, 0.3) is 21.7 Å². The van der Waals surface area contributed by atoms with Gasteiger partial charge < -0.3 is 14.3 Å². The van der Waals surface area contributed by atoms with Gasteiger partial charge in [0.15, 0.2) is 9.60 Å². The molecule has 0 atom stereocenters. The van der Waals surface area contributed by atoms with Crippen molar-refractivity contribution in [2.75, 3.05) is 6.61 Å². The summed E-state index contributed by atoms with van der Waals surface area (Å²) >= 11 is 6.58. The van der Waals surface area contributed by atoms with E-state index in [2.05, 4.69) is 23.1 Å². The first-order chi connectivity index (χ1) is 12.0. The molecule has 0 saturated carbocycles. The van der Waals surface area contributed by atoms with Gasteiger partial charge in [-0.2, -0.15) is 0 Å². The van der Waals surface area contributed by atoms with Crippen LogP contribution >= 0.6 is 23.6 Å². The molecule has 0 aliphatic heterocycles. The third-order valence-electron chi connectivity index (χ3n) is 3.43. The molecule has 0 fully saturated rings. The summed E-state index contributed by atoms with van der Waals surface area (Å²) in [5.74, 6) is 1.17. The van der Waals surface area contributed by atoms with E-state index in [-0.39, 0.29) is 5.56 Å². The fourth-order valence-corrected chi connectivity index (χ4v) is 3.57. The molecule has 0 radical (unpaired) electrons. The van der Waals surface area contributed by atoms with E-state index in [4.69, 9.17) is 17.0 Å². The van der Waals surface area contributed by atoms with Crippen LogP contribution in [-0.4, -0.2) is 21.1 Å². The van der Waals surface area contributed by atoms with Crippen LogP contribution in [0.3, 0.4) is 0 Å². The number of allylic oxidation sites excluding steroid dienone is 1. The summed E-state index contributed by atoms with van der Waals surface area (Å²) in [6.07, 6.45) is 1.73. The van der Waals surface area contributed by atoms with Gasteiger partial charge in [0, 0.05) is 12.1 Å². The molecule has 7 heteroatoms. The topological polar surface area (TPSA) is 59.9 Å². The molecule has 128 valence electrons. The lowest BCUT2D eigenvalue weighted by Crippen LogP contribution is -2.10. The fourth-order valence-electron chi connectivity index (χ4n) is 2.32. The number of ether oxygens (including phenoxy) is 1. The van der Waals surface area contributed by atoms with E-state index in [1.807, 2.05) is 35.8 Å². The summed E-state index contributed by atoms with van der Waals surface area (Å²) in [7, 11) is 0. The zero-order valence-corrected chi connectivity index (χ0v) is 15.4. The third kappa shape index (κ3) is 3.62. The SMILES string of the molecule is C=CCn1c(=S)sc2c(=O)[nH]c(-c3cccc(OCC(=C)C)c3)nc21. The summed E-state index contributed by atoms with van der Waals surface area (Å²) in [6.45, 7) is 10.4. The first kappa shape index (κ1) is 17.3. The molecule has 0 aliphatic rings. The summed E-state index contributed by atoms with van der Waals surface area (Å²) in [4.78, 5) is 19.9. The Morgan fingerprint density at radius 1 is 1.52 bits per heavy atom. The molecular weight excluding hydrogens is 354 g/mol. The maximum absolute atomic E-state index is 12.4. The van der Waals surface area contributed by atoms with Crippen molar-refractivity contribution in [2.24, 2.45) is 0 Å². The van der Waals surface area contributed by atoms with Crippen molar-refractivity contribution in [1.82, 2.24) is 14.5 Å². The van der Waals surface area contributed by atoms with Gasteiger partial charge in [-0.05, 0) is 36.8 Å². The zero-order chi connectivity index (χ0) is 18.0. The van der Waals surface area contributed by atoms with Gasteiger partial charge in [-0.3, -0.25) is 4.79 Å². The van der Waals surface area contributed by atoms with Gasteiger partial charge in [0.1, 0.15) is 22.9 Å². The fraction of sp³-hybridized carbons (Fsp3) is 0.167. The molecule has 1 N–H and O–H groups in total. The predicted molar refractivity (Wildman–Crippen MR) is 105 cm³/mol. The van der Waals surface area contributed by atoms with Gasteiger partial charge in [-0.15, -0.1) is 6.58 Å². The van der Waals surface area contributed by atoms with Crippen LogP contribution in [0.4, 0.5) is 0 Å². The second-order valence-corrected chi connectivity index (χ2v) is 7.25. The van der Waals surface area contributed by atoms with Gasteiger partial charge in [0.2, 0.25) is 0 Å². The van der Waals surface area contributed by atoms with Crippen molar-refractivity contribution in [3.05, 3.63) is 63.4 Å². The van der Waals surface area contributed by atoms with Crippen molar-refractivity contribution in [3.8, 4) is 17.1 Å². The van der Waals surface area contributed by atoms with Crippen molar-refractivity contribution < 1.29 is 4.74 Å². The first-order valence-corrected chi connectivity index (χ1v) is 8.84. The van der Waals surface area contributed by atoms with Crippen LogP contribution in [0.5, 0.6) is 5.75 Å². The Morgan fingerprint density at radius 3 is 3.04 bits per heavy atom. The lowest BCUT2D eigenvalue weighted by Gasteiger charge is -2.08. The average molecular weight is 371 g/mol. The van der Waals surface area contributed by atoms with Crippen LogP contribution in [-0.2, 0) is 6.54 Å². The number of benzene rings is 1. The molecule has 2 heterocycles. The molecule has 3 rings (SSSR count). The number of H-pyrrole nitrogens is 1. The minimum absolute atomic E-state index is 0.202. The molecule has 0 amide bonds. The zero-order valence-electron chi connectivity index (χ0n) is 13.7. The van der Waals surface area contributed by atoms with Gasteiger partial charge >= 0.3 is 0 Å². The van der Waals surface area contributed by atoms with Gasteiger partial charge in [0.25, 0.3) is 5.56 Å². The Hall–Kier alpha value is -2.51. The Labute approximate surface area is 153 Å². The van der Waals surface area contributed by atoms with Crippen LogP contribution < -0.4 is 10.3 Å². The molecule has 0 unspecified atom stereocenters. The maximum Gasteiger partial charge on any atom is 0.270 e. The standard InChI is InChI=1S/C18H17N3O2S2/c1-4-8-21-16-14(25-18(21)24)17(22)20-15(19-16)12-6-5-7-13(9-12)23-10-11(2)3/h4-7,9H,1-2,8,10H2,3H3,(H,19,20,22). The highest BCUT2D eigenvalue weighted by molar-refractivity contribution is 7.73. The molecule has 0 aliphatic carbocycles. The number of thiazole rings is 1. The number of nitrogens with one attached hydrogen (secondary N) is 1. The maximum atomic E-state index is 12.4. The number of aromatic amines is 1. The number of rotatable bonds is 6. The lowest BCUT2D eigenvalue weighted by molar-refractivity contribution is 0.353. The van der Waals surface area contributed by atoms with Gasteiger partial charge in [-0.25, -0.2) is 4.98 Å². The molecule has 2 aromatic heterocycles. The predicted octanol–water partition coefficient (Wildman–Crippen LogP) is 4.32. The monoisotopic (exact) mass is 371 g/mol. The molecular formula is C18H17N3O2S2. The van der Waals surface area contributed by atoms with E-state index >= 15 is 0 Å². The van der Waals surface area contributed by atoms with Crippen LogP contribution in [0.15, 0.2) is 53.9 Å². The van der Waals surface area contributed by atoms with E-state index in [0.717, 1.165) is 11.1 Å². The van der Waals surface area contributed by atoms with Crippen LogP contribution in [0.2, 0.25) is 0 Å².